The highest BCUT2D eigenvalue weighted by molar-refractivity contribution is 7.92. The number of aryl methyl sites for hydroxylation is 2. The molecule has 2 N–H and O–H groups in total. The fourth-order valence-corrected chi connectivity index (χ4v) is 7.21. The van der Waals surface area contributed by atoms with Gasteiger partial charge in [0.25, 0.3) is 15.9 Å². The molecule has 240 valence electrons. The first-order chi connectivity index (χ1) is 21.3. The van der Waals surface area contributed by atoms with Gasteiger partial charge in [-0.15, -0.1) is 0 Å². The van der Waals surface area contributed by atoms with Crippen molar-refractivity contribution in [3.63, 3.8) is 0 Å². The Morgan fingerprint density at radius 1 is 1.02 bits per heavy atom. The molecular formula is C34H43N5O5S. The number of rotatable bonds is 5. The largest absolute Gasteiger partial charge is 0.475 e. The summed E-state index contributed by atoms with van der Waals surface area (Å²) < 4.78 is 35.9. The van der Waals surface area contributed by atoms with Crippen LogP contribution in [0.5, 0.6) is 5.88 Å². The molecule has 3 aromatic rings. The predicted octanol–water partition coefficient (Wildman–Crippen LogP) is 5.65. The summed E-state index contributed by atoms with van der Waals surface area (Å²) in [6.07, 6.45) is 5.64. The van der Waals surface area contributed by atoms with E-state index in [-0.39, 0.29) is 52.8 Å². The van der Waals surface area contributed by atoms with Gasteiger partial charge in [0.15, 0.2) is 0 Å². The van der Waals surface area contributed by atoms with Crippen molar-refractivity contribution < 1.29 is 22.7 Å². The van der Waals surface area contributed by atoms with Crippen LogP contribution in [0.3, 0.4) is 0 Å². The zero-order chi connectivity index (χ0) is 32.4. The lowest BCUT2D eigenvalue weighted by molar-refractivity contribution is -0.123. The van der Waals surface area contributed by atoms with E-state index in [0.717, 1.165) is 48.8 Å². The summed E-state index contributed by atoms with van der Waals surface area (Å²) in [4.78, 5) is 38.0. The van der Waals surface area contributed by atoms with E-state index >= 15 is 0 Å². The summed E-state index contributed by atoms with van der Waals surface area (Å²) in [5.74, 6) is -0.677. The van der Waals surface area contributed by atoms with Gasteiger partial charge in [0.05, 0.1) is 16.6 Å². The highest BCUT2D eigenvalue weighted by Gasteiger charge is 2.33. The number of carbonyl (C=O) groups is 2. The van der Waals surface area contributed by atoms with Crippen LogP contribution in [0.2, 0.25) is 0 Å². The predicted molar refractivity (Wildman–Crippen MR) is 174 cm³/mol. The molecule has 10 nitrogen and oxygen atoms in total. The van der Waals surface area contributed by atoms with Crippen LogP contribution in [0, 0.1) is 19.3 Å². The van der Waals surface area contributed by atoms with Gasteiger partial charge in [-0.2, -0.15) is 4.98 Å². The Morgan fingerprint density at radius 3 is 2.40 bits per heavy atom. The highest BCUT2D eigenvalue weighted by atomic mass is 32.2. The second-order valence-corrected chi connectivity index (χ2v) is 15.1. The third-order valence-electron chi connectivity index (χ3n) is 8.31. The average molecular weight is 634 g/mol. The minimum Gasteiger partial charge on any atom is -0.475 e. The summed E-state index contributed by atoms with van der Waals surface area (Å²) in [5, 5.41) is 3.13. The van der Waals surface area contributed by atoms with Crippen molar-refractivity contribution in [2.75, 3.05) is 17.9 Å². The number of carbonyl (C=O) groups excluding carboxylic acids is 2. The molecule has 1 saturated carbocycles. The molecule has 0 unspecified atom stereocenters. The first-order valence-corrected chi connectivity index (χ1v) is 17.1. The number of benzene rings is 2. The smallest absolute Gasteiger partial charge is 0.264 e. The van der Waals surface area contributed by atoms with E-state index in [1.165, 1.54) is 23.1 Å². The van der Waals surface area contributed by atoms with Crippen LogP contribution in [0.1, 0.15) is 80.8 Å². The van der Waals surface area contributed by atoms with Gasteiger partial charge in [-0.3, -0.25) is 9.59 Å². The number of aromatic nitrogens is 2. The number of sulfonamides is 1. The molecule has 11 heteroatoms. The maximum absolute atomic E-state index is 14.2. The lowest BCUT2D eigenvalue weighted by Gasteiger charge is -2.36. The monoisotopic (exact) mass is 633 g/mol. The first kappa shape index (κ1) is 32.4. The number of anilines is 1. The van der Waals surface area contributed by atoms with Gasteiger partial charge in [0.1, 0.15) is 13.2 Å². The maximum atomic E-state index is 14.2. The number of nitrogens with one attached hydrogen (secondary N) is 2. The minimum absolute atomic E-state index is 0.0365. The molecule has 5 rings (SSSR count). The van der Waals surface area contributed by atoms with E-state index in [1.54, 1.807) is 12.1 Å². The van der Waals surface area contributed by atoms with E-state index in [1.807, 2.05) is 32.0 Å². The lowest BCUT2D eigenvalue weighted by Crippen LogP contribution is -2.51. The summed E-state index contributed by atoms with van der Waals surface area (Å²) >= 11 is 0. The molecule has 0 saturated heterocycles. The molecule has 2 aliphatic rings. The molecule has 0 spiro atoms. The Morgan fingerprint density at radius 2 is 1.71 bits per heavy atom. The number of hydrogen-bond donors (Lipinski definition) is 2. The Kier molecular flexibility index (Phi) is 9.48. The van der Waals surface area contributed by atoms with Crippen molar-refractivity contribution in [1.82, 2.24) is 20.2 Å². The van der Waals surface area contributed by atoms with Crippen molar-refractivity contribution in [2.24, 2.45) is 5.41 Å². The molecule has 1 fully saturated rings. The molecule has 2 heterocycles. The van der Waals surface area contributed by atoms with Gasteiger partial charge < -0.3 is 15.0 Å². The topological polar surface area (TPSA) is 131 Å². The van der Waals surface area contributed by atoms with Crippen LogP contribution in [-0.2, 0) is 14.8 Å². The van der Waals surface area contributed by atoms with Crippen LogP contribution in [0.25, 0.3) is 11.3 Å². The molecule has 1 aromatic heterocycles. The van der Waals surface area contributed by atoms with Gasteiger partial charge in [-0.25, -0.2) is 18.1 Å². The van der Waals surface area contributed by atoms with E-state index in [4.69, 9.17) is 4.74 Å². The molecule has 2 amide bonds. The summed E-state index contributed by atoms with van der Waals surface area (Å²) in [6.45, 7) is 9.98. The number of nitrogens with zero attached hydrogens (tertiary/aromatic N) is 3. The molecule has 4 bridgehead atoms. The number of ether oxygens (including phenoxy) is 1. The van der Waals surface area contributed by atoms with Gasteiger partial charge in [0.2, 0.25) is 17.7 Å². The zero-order valence-electron chi connectivity index (χ0n) is 26.7. The van der Waals surface area contributed by atoms with Gasteiger partial charge in [-0.1, -0.05) is 64.3 Å². The first-order valence-electron chi connectivity index (χ1n) is 15.6. The fraction of sp³-hybridized carbons (Fsp3) is 0.471. The van der Waals surface area contributed by atoms with Gasteiger partial charge in [-0.05, 0) is 67.9 Å². The quantitative estimate of drug-likeness (QED) is 0.371. The van der Waals surface area contributed by atoms with Crippen LogP contribution in [-0.4, -0.2) is 60.3 Å². The van der Waals surface area contributed by atoms with Crippen molar-refractivity contribution in [3.8, 4) is 17.1 Å². The Bertz CT molecular complexity index is 1660. The average Bonchev–Trinajstić information content (AvgIpc) is 2.97. The molecular weight excluding hydrogens is 590 g/mol. The molecule has 1 aliphatic carbocycles. The Balaban J connectivity index is 1.60. The van der Waals surface area contributed by atoms with Crippen molar-refractivity contribution in [2.45, 2.75) is 90.1 Å². The number of amides is 2. The third kappa shape index (κ3) is 8.00. The third-order valence-corrected chi connectivity index (χ3v) is 9.64. The fourth-order valence-electron chi connectivity index (χ4n) is 6.22. The Labute approximate surface area is 266 Å². The summed E-state index contributed by atoms with van der Waals surface area (Å²) in [5.41, 5.74) is 3.21. The standard InChI is InChI=1S/C34H43N5O5S/c1-22-11-9-12-23(2)31(22)28-18-30-37-33(36-28)38-45(42,43)27-16-10-13-24(17-27)32(41)39(26(21-44-30)19-34(3,4)5)20-29(40)35-25-14-7-6-8-15-25/h9-13,16-18,25-26H,6-8,14-15,19-21H2,1-5H3,(H,35,40)(H,36,37,38)/t26-/m1/s1. The van der Waals surface area contributed by atoms with E-state index < -0.39 is 22.0 Å². The highest BCUT2D eigenvalue weighted by Crippen LogP contribution is 2.31. The van der Waals surface area contributed by atoms with Crippen LogP contribution in [0.15, 0.2) is 53.4 Å². The van der Waals surface area contributed by atoms with Crippen molar-refractivity contribution in [1.29, 1.82) is 0 Å². The maximum Gasteiger partial charge on any atom is 0.264 e. The Hall–Kier alpha value is -3.99. The molecule has 0 radical (unpaired) electrons. The van der Waals surface area contributed by atoms with E-state index in [9.17, 15) is 18.0 Å². The zero-order valence-corrected chi connectivity index (χ0v) is 27.5. The normalized spacial score (nSPS) is 18.9. The van der Waals surface area contributed by atoms with Gasteiger partial charge >= 0.3 is 0 Å². The van der Waals surface area contributed by atoms with Gasteiger partial charge in [0, 0.05) is 23.2 Å². The van der Waals surface area contributed by atoms with Crippen LogP contribution < -0.4 is 14.8 Å². The lowest BCUT2D eigenvalue weighted by atomic mass is 9.87. The van der Waals surface area contributed by atoms with Crippen LogP contribution >= 0.6 is 0 Å². The minimum atomic E-state index is -4.18. The van der Waals surface area contributed by atoms with Crippen LogP contribution in [0.4, 0.5) is 5.95 Å². The molecule has 45 heavy (non-hydrogen) atoms. The summed E-state index contributed by atoms with van der Waals surface area (Å²) in [7, 11) is -4.18. The van der Waals surface area contributed by atoms with E-state index in [2.05, 4.69) is 40.8 Å². The van der Waals surface area contributed by atoms with Crippen molar-refractivity contribution >= 4 is 27.8 Å². The van der Waals surface area contributed by atoms with Crippen molar-refractivity contribution in [3.05, 3.63) is 65.2 Å². The second kappa shape index (κ2) is 13.2. The number of hydrogen-bond acceptors (Lipinski definition) is 7. The SMILES string of the molecule is Cc1cccc(C)c1-c1cc2nc(n1)NS(=O)(=O)c1cccc(c1)C(=O)N(CC(=O)NC1CCCCC1)[C@H](CC(C)(C)C)CO2. The molecule has 1 atom stereocenters. The summed E-state index contributed by atoms with van der Waals surface area (Å²) in [6, 6.07) is 13.0. The number of fused-ring (bicyclic) bond motifs is 4. The second-order valence-electron chi connectivity index (χ2n) is 13.4. The molecule has 1 aliphatic heterocycles. The molecule has 2 aromatic carbocycles. The van der Waals surface area contributed by atoms with E-state index in [0.29, 0.717) is 12.1 Å².